The molecule has 0 aromatic carbocycles. The summed E-state index contributed by atoms with van der Waals surface area (Å²) in [5.74, 6) is -0.357. The average Bonchev–Trinajstić information content (AvgIpc) is 2.41. The first-order chi connectivity index (χ1) is 9.47. The monoisotopic (exact) mass is 298 g/mol. The Hall–Kier alpha value is -1.38. The fraction of sp³-hybridized carbons (Fsp3) is 0.583. The summed E-state index contributed by atoms with van der Waals surface area (Å²) in [5.41, 5.74) is 5.28. The van der Waals surface area contributed by atoms with Gasteiger partial charge >= 0.3 is 0 Å². The smallest absolute Gasteiger partial charge is 0.262 e. The van der Waals surface area contributed by atoms with Gasteiger partial charge in [0, 0.05) is 17.2 Å². The maximum atomic E-state index is 11.6. The van der Waals surface area contributed by atoms with E-state index in [1.54, 1.807) is 0 Å². The fourth-order valence-electron chi connectivity index (χ4n) is 2.23. The first-order valence-electron chi connectivity index (χ1n) is 6.42. The zero-order chi connectivity index (χ0) is 14.7. The lowest BCUT2D eigenvalue weighted by Crippen LogP contribution is -2.29. The number of nitrogens with two attached hydrogens (primary N) is 1. The Morgan fingerprint density at radius 3 is 2.70 bits per heavy atom. The molecule has 1 heterocycles. The van der Waals surface area contributed by atoms with Crippen molar-refractivity contribution >= 4 is 23.0 Å². The van der Waals surface area contributed by atoms with E-state index in [0.29, 0.717) is 5.95 Å². The van der Waals surface area contributed by atoms with Gasteiger partial charge in [-0.15, -0.1) is 0 Å². The molecule has 8 heteroatoms. The van der Waals surface area contributed by atoms with Gasteiger partial charge in [-0.2, -0.15) is 4.98 Å². The summed E-state index contributed by atoms with van der Waals surface area (Å²) in [6, 6.07) is 0.177. The van der Waals surface area contributed by atoms with Crippen molar-refractivity contribution in [2.24, 2.45) is 5.73 Å². The first-order valence-corrected chi connectivity index (χ1v) is 7.98. The van der Waals surface area contributed by atoms with Crippen LogP contribution in [0.5, 0.6) is 0 Å². The molecule has 0 bridgehead atoms. The largest absolute Gasteiger partial charge is 0.610 e. The number of primary amides is 1. The van der Waals surface area contributed by atoms with Crippen molar-refractivity contribution in [2.45, 2.75) is 42.9 Å². The standard InChI is InChI=1S/C12H18N4O3S/c1-20(19)11-9(10(13)18)6-14-12(16-11)15-7-2-4-8(17)5-3-7/h6-8,17H,2-5H2,1H3,(H2,13,18)(H,14,15,16)/t7-,8-,20?. The number of anilines is 1. The Labute approximate surface area is 120 Å². The number of carbonyl (C=O) groups excluding carboxylic acids is 1. The van der Waals surface area contributed by atoms with Crippen LogP contribution >= 0.6 is 0 Å². The second kappa shape index (κ2) is 6.38. The van der Waals surface area contributed by atoms with E-state index in [2.05, 4.69) is 15.3 Å². The van der Waals surface area contributed by atoms with Crippen LogP contribution in [0.25, 0.3) is 0 Å². The number of carbonyl (C=O) groups is 1. The van der Waals surface area contributed by atoms with Crippen molar-refractivity contribution in [3.05, 3.63) is 11.8 Å². The summed E-state index contributed by atoms with van der Waals surface area (Å²) in [7, 11) is 0. The maximum absolute atomic E-state index is 11.6. The van der Waals surface area contributed by atoms with Gasteiger partial charge in [-0.05, 0) is 25.7 Å². The van der Waals surface area contributed by atoms with Crippen LogP contribution in [0.2, 0.25) is 0 Å². The second-order valence-corrected chi connectivity index (χ2v) is 6.18. The van der Waals surface area contributed by atoms with E-state index in [-0.39, 0.29) is 22.7 Å². The molecule has 1 aromatic heterocycles. The van der Waals surface area contributed by atoms with E-state index < -0.39 is 17.1 Å². The van der Waals surface area contributed by atoms with Crippen LogP contribution in [0.1, 0.15) is 36.0 Å². The van der Waals surface area contributed by atoms with Gasteiger partial charge in [-0.25, -0.2) is 4.98 Å². The molecule has 1 saturated carbocycles. The van der Waals surface area contributed by atoms with Crippen LogP contribution in [0, 0.1) is 0 Å². The highest BCUT2D eigenvalue weighted by molar-refractivity contribution is 7.90. The van der Waals surface area contributed by atoms with Crippen molar-refractivity contribution in [2.75, 3.05) is 11.6 Å². The number of aromatic nitrogens is 2. The molecule has 1 unspecified atom stereocenters. The molecular formula is C12H18N4O3S. The Kier molecular flexibility index (Phi) is 4.79. The summed E-state index contributed by atoms with van der Waals surface area (Å²) >= 11 is -1.42. The summed E-state index contributed by atoms with van der Waals surface area (Å²) < 4.78 is 11.6. The Morgan fingerprint density at radius 2 is 2.15 bits per heavy atom. The fourth-order valence-corrected chi connectivity index (χ4v) is 2.90. The number of aliphatic hydroxyl groups is 1. The molecule has 2 rings (SSSR count). The highest BCUT2D eigenvalue weighted by Crippen LogP contribution is 2.21. The van der Waals surface area contributed by atoms with Crippen LogP contribution in [0.15, 0.2) is 11.2 Å². The van der Waals surface area contributed by atoms with E-state index in [9.17, 15) is 14.5 Å². The predicted molar refractivity (Wildman–Crippen MR) is 74.8 cm³/mol. The summed E-state index contributed by atoms with van der Waals surface area (Å²) in [6.45, 7) is 0. The number of aliphatic hydroxyl groups excluding tert-OH is 1. The number of nitrogens with one attached hydrogen (secondary N) is 1. The van der Waals surface area contributed by atoms with Crippen LogP contribution in [0.3, 0.4) is 0 Å². The Balaban J connectivity index is 2.13. The topological polar surface area (TPSA) is 124 Å². The number of rotatable bonds is 4. The molecule has 1 aliphatic carbocycles. The second-order valence-electron chi connectivity index (χ2n) is 4.88. The van der Waals surface area contributed by atoms with Gasteiger partial charge in [0.25, 0.3) is 10.9 Å². The van der Waals surface area contributed by atoms with Crippen molar-refractivity contribution in [1.29, 1.82) is 0 Å². The SMILES string of the molecule is C[S+]([O-])c1nc(N[C@H]2CC[C@H](O)CC2)ncc1C(N)=O. The van der Waals surface area contributed by atoms with Gasteiger partial charge in [0.1, 0.15) is 11.8 Å². The minimum atomic E-state index is -1.42. The van der Waals surface area contributed by atoms with E-state index in [4.69, 9.17) is 5.73 Å². The molecule has 0 spiro atoms. The molecule has 0 aliphatic heterocycles. The molecule has 0 saturated heterocycles. The molecular weight excluding hydrogens is 280 g/mol. The van der Waals surface area contributed by atoms with Crippen molar-refractivity contribution in [1.82, 2.24) is 9.97 Å². The van der Waals surface area contributed by atoms with Gasteiger partial charge in [0.2, 0.25) is 5.95 Å². The van der Waals surface area contributed by atoms with Crippen LogP contribution in [-0.2, 0) is 11.2 Å². The molecule has 1 fully saturated rings. The molecule has 4 N–H and O–H groups in total. The van der Waals surface area contributed by atoms with Gasteiger partial charge in [-0.3, -0.25) is 4.79 Å². The zero-order valence-corrected chi connectivity index (χ0v) is 12.0. The van der Waals surface area contributed by atoms with Gasteiger partial charge in [-0.1, -0.05) is 0 Å². The van der Waals surface area contributed by atoms with Crippen molar-refractivity contribution < 1.29 is 14.5 Å². The Bertz CT molecular complexity index is 490. The molecule has 1 aliphatic rings. The number of amides is 1. The van der Waals surface area contributed by atoms with Crippen LogP contribution in [0.4, 0.5) is 5.95 Å². The quantitative estimate of drug-likeness (QED) is 0.532. The summed E-state index contributed by atoms with van der Waals surface area (Å²) in [6.07, 6.45) is 5.64. The third-order valence-electron chi connectivity index (χ3n) is 3.32. The van der Waals surface area contributed by atoms with E-state index in [1.807, 2.05) is 0 Å². The van der Waals surface area contributed by atoms with E-state index >= 15 is 0 Å². The molecule has 0 radical (unpaired) electrons. The lowest BCUT2D eigenvalue weighted by Gasteiger charge is -2.26. The molecule has 1 aromatic rings. The number of nitrogens with zero attached hydrogens (tertiary/aromatic N) is 2. The van der Waals surface area contributed by atoms with E-state index in [0.717, 1.165) is 25.7 Å². The lowest BCUT2D eigenvalue weighted by atomic mass is 9.93. The lowest BCUT2D eigenvalue weighted by molar-refractivity contribution is 0.0996. The van der Waals surface area contributed by atoms with Crippen molar-refractivity contribution in [3.8, 4) is 0 Å². The number of hydrogen-bond donors (Lipinski definition) is 3. The maximum Gasteiger partial charge on any atom is 0.262 e. The van der Waals surface area contributed by atoms with Crippen molar-refractivity contribution in [3.63, 3.8) is 0 Å². The molecule has 110 valence electrons. The van der Waals surface area contributed by atoms with Crippen LogP contribution < -0.4 is 11.1 Å². The normalized spacial score (nSPS) is 24.1. The van der Waals surface area contributed by atoms with Gasteiger partial charge < -0.3 is 20.7 Å². The summed E-state index contributed by atoms with van der Waals surface area (Å²) in [5, 5.41) is 12.7. The minimum absolute atomic E-state index is 0.0791. The molecule has 1 amide bonds. The highest BCUT2D eigenvalue weighted by atomic mass is 32.2. The number of hydrogen-bond acceptors (Lipinski definition) is 6. The molecule has 1 atom stereocenters. The molecule has 20 heavy (non-hydrogen) atoms. The minimum Gasteiger partial charge on any atom is -0.610 e. The predicted octanol–water partition coefficient (Wildman–Crippen LogP) is 0.0283. The average molecular weight is 298 g/mol. The summed E-state index contributed by atoms with van der Waals surface area (Å²) in [4.78, 5) is 19.4. The Morgan fingerprint density at radius 1 is 1.50 bits per heavy atom. The first kappa shape index (κ1) is 15.0. The third-order valence-corrected chi connectivity index (χ3v) is 4.18. The van der Waals surface area contributed by atoms with Gasteiger partial charge in [0.05, 0.1) is 12.3 Å². The third kappa shape index (κ3) is 3.59. The van der Waals surface area contributed by atoms with Gasteiger partial charge in [0.15, 0.2) is 0 Å². The zero-order valence-electron chi connectivity index (χ0n) is 11.2. The highest BCUT2D eigenvalue weighted by Gasteiger charge is 2.23. The van der Waals surface area contributed by atoms with E-state index in [1.165, 1.54) is 12.5 Å². The van der Waals surface area contributed by atoms with Crippen LogP contribution in [-0.4, -0.2) is 43.9 Å². The molecule has 7 nitrogen and oxygen atoms in total.